The summed E-state index contributed by atoms with van der Waals surface area (Å²) in [7, 11) is -3.14. The fourth-order valence-electron chi connectivity index (χ4n) is 1.52. The van der Waals surface area contributed by atoms with Crippen LogP contribution >= 0.6 is 35.3 Å². The molecule has 0 aromatic carbocycles. The van der Waals surface area contributed by atoms with Crippen LogP contribution in [0.5, 0.6) is 0 Å². The quantitative estimate of drug-likeness (QED) is 0.376. The summed E-state index contributed by atoms with van der Waals surface area (Å²) < 4.78 is 22.6. The fourth-order valence-corrected chi connectivity index (χ4v) is 2.72. The number of nitrogens with zero attached hydrogens (tertiary/aromatic N) is 2. The first-order valence-corrected chi connectivity index (χ1v) is 9.92. The smallest absolute Gasteiger partial charge is 0.191 e. The number of guanidine groups is 1. The van der Waals surface area contributed by atoms with Crippen LogP contribution in [0.25, 0.3) is 0 Å². The lowest BCUT2D eigenvalue weighted by Gasteiger charge is -2.24. The number of aryl methyl sites for hydroxylation is 2. The van der Waals surface area contributed by atoms with Gasteiger partial charge in [-0.2, -0.15) is 0 Å². The van der Waals surface area contributed by atoms with Crippen LogP contribution in [0.1, 0.15) is 36.3 Å². The molecule has 1 aromatic heterocycles. The van der Waals surface area contributed by atoms with Crippen molar-refractivity contribution in [3.05, 3.63) is 15.6 Å². The van der Waals surface area contributed by atoms with E-state index in [4.69, 9.17) is 0 Å². The third-order valence-electron chi connectivity index (χ3n) is 3.47. The van der Waals surface area contributed by atoms with Crippen molar-refractivity contribution in [2.75, 3.05) is 19.3 Å². The molecule has 1 rings (SSSR count). The predicted octanol–water partition coefficient (Wildman–Crippen LogP) is 2.26. The normalized spacial score (nSPS) is 12.7. The maximum Gasteiger partial charge on any atom is 0.191 e. The van der Waals surface area contributed by atoms with Gasteiger partial charge >= 0.3 is 0 Å². The molecule has 6 nitrogen and oxygen atoms in total. The zero-order valence-electron chi connectivity index (χ0n) is 14.6. The molecule has 23 heavy (non-hydrogen) atoms. The van der Waals surface area contributed by atoms with E-state index in [0.29, 0.717) is 25.6 Å². The molecule has 0 bridgehead atoms. The molecule has 1 aromatic rings. The Morgan fingerprint density at radius 1 is 1.30 bits per heavy atom. The second-order valence-corrected chi connectivity index (χ2v) is 9.77. The highest BCUT2D eigenvalue weighted by Crippen LogP contribution is 2.17. The first-order chi connectivity index (χ1) is 10.1. The SMILES string of the molecule is CCNC(=NCc1nc(C)c(C)s1)NCC(C)(C)S(C)(=O)=O.I. The fraction of sp³-hybridized carbons (Fsp3) is 0.714. The molecule has 0 amide bonds. The van der Waals surface area contributed by atoms with Gasteiger partial charge < -0.3 is 10.6 Å². The minimum absolute atomic E-state index is 0. The number of aliphatic imine (C=N–C) groups is 1. The van der Waals surface area contributed by atoms with Crippen LogP contribution in [0, 0.1) is 13.8 Å². The van der Waals surface area contributed by atoms with E-state index in [2.05, 4.69) is 20.6 Å². The minimum atomic E-state index is -3.14. The molecule has 0 saturated heterocycles. The van der Waals surface area contributed by atoms with Gasteiger partial charge in [0.15, 0.2) is 15.8 Å². The van der Waals surface area contributed by atoms with E-state index in [0.717, 1.165) is 10.7 Å². The van der Waals surface area contributed by atoms with Crippen molar-refractivity contribution in [2.24, 2.45) is 4.99 Å². The second kappa shape index (κ2) is 9.16. The van der Waals surface area contributed by atoms with Gasteiger partial charge in [0.25, 0.3) is 0 Å². The van der Waals surface area contributed by atoms with Crippen LogP contribution < -0.4 is 10.6 Å². The average Bonchev–Trinajstić information content (AvgIpc) is 2.71. The van der Waals surface area contributed by atoms with Gasteiger partial charge in [-0.15, -0.1) is 35.3 Å². The van der Waals surface area contributed by atoms with E-state index in [1.807, 2.05) is 20.8 Å². The van der Waals surface area contributed by atoms with Crippen molar-refractivity contribution in [1.29, 1.82) is 0 Å². The predicted molar refractivity (Wildman–Crippen MR) is 109 cm³/mol. The second-order valence-electron chi connectivity index (χ2n) is 5.83. The van der Waals surface area contributed by atoms with Crippen LogP contribution in [0.3, 0.4) is 0 Å². The van der Waals surface area contributed by atoms with Gasteiger partial charge in [0.1, 0.15) is 5.01 Å². The molecule has 0 spiro atoms. The number of halogens is 1. The molecule has 0 atom stereocenters. The molecule has 134 valence electrons. The Kier molecular flexibility index (Phi) is 9.00. The molecule has 2 N–H and O–H groups in total. The van der Waals surface area contributed by atoms with Crippen molar-refractivity contribution in [2.45, 2.75) is 45.9 Å². The van der Waals surface area contributed by atoms with Crippen LogP contribution in [0.15, 0.2) is 4.99 Å². The molecule has 0 aliphatic rings. The highest BCUT2D eigenvalue weighted by molar-refractivity contribution is 14.0. The first kappa shape index (κ1) is 22.6. The molecule has 0 aliphatic carbocycles. The molecule has 0 aliphatic heterocycles. The Balaban J connectivity index is 0.00000484. The summed E-state index contributed by atoms with van der Waals surface area (Å²) in [5, 5.41) is 7.17. The van der Waals surface area contributed by atoms with E-state index in [-0.39, 0.29) is 24.0 Å². The largest absolute Gasteiger partial charge is 0.357 e. The molecule has 0 saturated carbocycles. The highest BCUT2D eigenvalue weighted by Gasteiger charge is 2.30. The van der Waals surface area contributed by atoms with Gasteiger partial charge in [0, 0.05) is 24.2 Å². The van der Waals surface area contributed by atoms with Crippen molar-refractivity contribution in [1.82, 2.24) is 15.6 Å². The molecule has 0 unspecified atom stereocenters. The molecule has 9 heteroatoms. The lowest BCUT2D eigenvalue weighted by Crippen LogP contribution is -2.47. The zero-order chi connectivity index (χ0) is 17.0. The Bertz CT molecular complexity index is 620. The summed E-state index contributed by atoms with van der Waals surface area (Å²) in [6.45, 7) is 10.9. The first-order valence-electron chi connectivity index (χ1n) is 7.21. The van der Waals surface area contributed by atoms with Gasteiger partial charge in [-0.1, -0.05) is 0 Å². The molecular formula is C14H27IN4O2S2. The van der Waals surface area contributed by atoms with Gasteiger partial charge in [0.2, 0.25) is 0 Å². The highest BCUT2D eigenvalue weighted by atomic mass is 127. The van der Waals surface area contributed by atoms with Gasteiger partial charge in [-0.25, -0.2) is 18.4 Å². The number of thiazole rings is 1. The Morgan fingerprint density at radius 2 is 1.91 bits per heavy atom. The minimum Gasteiger partial charge on any atom is -0.357 e. The van der Waals surface area contributed by atoms with E-state index < -0.39 is 14.6 Å². The summed E-state index contributed by atoms with van der Waals surface area (Å²) in [4.78, 5) is 10.1. The number of sulfone groups is 1. The summed E-state index contributed by atoms with van der Waals surface area (Å²) in [6, 6.07) is 0. The molecule has 0 fully saturated rings. The Labute approximate surface area is 160 Å². The average molecular weight is 474 g/mol. The number of hydrogen-bond acceptors (Lipinski definition) is 5. The van der Waals surface area contributed by atoms with Crippen molar-refractivity contribution in [3.63, 3.8) is 0 Å². The van der Waals surface area contributed by atoms with E-state index in [9.17, 15) is 8.42 Å². The maximum atomic E-state index is 11.7. The van der Waals surface area contributed by atoms with Gasteiger partial charge in [-0.05, 0) is 34.6 Å². The molecular weight excluding hydrogens is 447 g/mol. The van der Waals surface area contributed by atoms with E-state index in [1.54, 1.807) is 25.2 Å². The topological polar surface area (TPSA) is 83.4 Å². The van der Waals surface area contributed by atoms with E-state index in [1.165, 1.54) is 11.1 Å². The number of aromatic nitrogens is 1. The van der Waals surface area contributed by atoms with Crippen LogP contribution in [-0.2, 0) is 16.4 Å². The number of nitrogens with one attached hydrogen (secondary N) is 2. The molecule has 1 heterocycles. The summed E-state index contributed by atoms with van der Waals surface area (Å²) in [5.74, 6) is 0.602. The van der Waals surface area contributed by atoms with Crippen LogP contribution in [0.2, 0.25) is 0 Å². The third-order valence-corrected chi connectivity index (χ3v) is 6.68. The van der Waals surface area contributed by atoms with Crippen molar-refractivity contribution >= 4 is 51.1 Å². The van der Waals surface area contributed by atoms with E-state index >= 15 is 0 Å². The van der Waals surface area contributed by atoms with Gasteiger partial charge in [0.05, 0.1) is 17.0 Å². The van der Waals surface area contributed by atoms with Crippen molar-refractivity contribution in [3.8, 4) is 0 Å². The lowest BCUT2D eigenvalue weighted by atomic mass is 10.2. The monoisotopic (exact) mass is 474 g/mol. The zero-order valence-corrected chi connectivity index (χ0v) is 18.5. The third kappa shape index (κ3) is 6.92. The van der Waals surface area contributed by atoms with Crippen LogP contribution in [0.4, 0.5) is 0 Å². The number of rotatable bonds is 6. The van der Waals surface area contributed by atoms with Gasteiger partial charge in [-0.3, -0.25) is 0 Å². The Hall–Kier alpha value is -0.420. The summed E-state index contributed by atoms with van der Waals surface area (Å²) in [6.07, 6.45) is 1.25. The molecule has 0 radical (unpaired) electrons. The Morgan fingerprint density at radius 3 is 2.35 bits per heavy atom. The number of hydrogen-bond donors (Lipinski definition) is 2. The lowest BCUT2D eigenvalue weighted by molar-refractivity contribution is 0.544. The standard InChI is InChI=1S/C14H26N4O2S2.HI/c1-7-15-13(17-9-14(4,5)22(6,19)20)16-8-12-18-10(2)11(3)21-12;/h7-9H2,1-6H3,(H2,15,16,17);1H. The summed E-state index contributed by atoms with van der Waals surface area (Å²) >= 11 is 1.63. The van der Waals surface area contributed by atoms with Crippen molar-refractivity contribution < 1.29 is 8.42 Å². The summed E-state index contributed by atoms with van der Waals surface area (Å²) in [5.41, 5.74) is 1.03. The van der Waals surface area contributed by atoms with Crippen LogP contribution in [-0.4, -0.2) is 43.5 Å². The maximum absolute atomic E-state index is 11.7.